The quantitative estimate of drug-likeness (QED) is 0.151. The summed E-state index contributed by atoms with van der Waals surface area (Å²) < 4.78 is 48.2. The van der Waals surface area contributed by atoms with Crippen molar-refractivity contribution < 1.29 is 66.9 Å². The second-order valence-electron chi connectivity index (χ2n) is 3.33. The zero-order valence-electron chi connectivity index (χ0n) is 13.0. The van der Waals surface area contributed by atoms with Gasteiger partial charge in [0, 0.05) is 0 Å². The minimum Gasteiger partial charge on any atom is -0.809 e. The maximum absolute atomic E-state index is 10.5. The third-order valence-corrected chi connectivity index (χ3v) is 8.75. The largest absolute Gasteiger partial charge is 2.00 e. The summed E-state index contributed by atoms with van der Waals surface area (Å²) in [6.45, 7) is 0. The number of halogens is 2. The van der Waals surface area contributed by atoms with Crippen LogP contribution < -0.4 is 29.4 Å². The van der Waals surface area contributed by atoms with Crippen LogP contribution in [0, 0.1) is 0 Å². The van der Waals surface area contributed by atoms with Gasteiger partial charge in [-0.25, -0.2) is 0 Å². The first-order chi connectivity index (χ1) is 10.4. The second-order valence-corrected chi connectivity index (χ2v) is 11.4. The van der Waals surface area contributed by atoms with E-state index in [1.807, 2.05) is 0 Å². The minimum atomic E-state index is -5.61. The van der Waals surface area contributed by atoms with Crippen LogP contribution in [-0.2, 0) is 27.3 Å². The Morgan fingerprint density at radius 2 is 0.852 bits per heavy atom. The van der Waals surface area contributed by atoms with E-state index in [0.717, 1.165) is 0 Å². The summed E-state index contributed by atoms with van der Waals surface area (Å²) in [5.74, 6) is 0. The molecule has 14 nitrogen and oxygen atoms in total. The summed E-state index contributed by atoms with van der Waals surface area (Å²) in [5, 5.41) is 16.8. The van der Waals surface area contributed by atoms with Crippen LogP contribution in [0.1, 0.15) is 0 Å². The fourth-order valence-corrected chi connectivity index (χ4v) is 5.14. The molecule has 0 heterocycles. The van der Waals surface area contributed by atoms with Crippen LogP contribution in [0.4, 0.5) is 0 Å². The van der Waals surface area contributed by atoms with E-state index in [-0.39, 0.29) is 113 Å². The summed E-state index contributed by atoms with van der Waals surface area (Å²) >= 11 is 9.56. The third kappa shape index (κ3) is 18.9. The summed E-state index contributed by atoms with van der Waals surface area (Å²) in [6.07, 6.45) is 0. The van der Waals surface area contributed by atoms with Crippen molar-refractivity contribution in [3.8, 4) is 0 Å². The maximum Gasteiger partial charge on any atom is 2.00 e. The van der Waals surface area contributed by atoms with Gasteiger partial charge in [-0.2, -0.15) is 0 Å². The zero-order chi connectivity index (χ0) is 20.0. The average Bonchev–Trinajstić information content (AvgIpc) is 2.35. The molecule has 0 amide bonds. The van der Waals surface area contributed by atoms with E-state index in [1.165, 1.54) is 0 Å². The number of alkyl halides is 2. The summed E-state index contributed by atoms with van der Waals surface area (Å²) in [4.78, 5) is 60.9. The number of aliphatic hydroxyl groups excluding tert-OH is 2. The van der Waals surface area contributed by atoms with Crippen LogP contribution in [-0.4, -0.2) is 147 Å². The fourth-order valence-electron chi connectivity index (χ4n) is 0.616. The van der Waals surface area contributed by atoms with Crippen molar-refractivity contribution >= 4 is 167 Å². The Hall–Kier alpha value is 4.88. The first-order valence-corrected chi connectivity index (χ1v) is 12.4. The number of hydrogen-bond donors (Lipinski definition) is 2. The number of aliphatic hydroxyl groups is 2. The van der Waals surface area contributed by atoms with E-state index in [0.29, 0.717) is 0 Å². The number of rotatable bonds is 8. The molecule has 0 aromatic heterocycles. The molecule has 4 unspecified atom stereocenters. The molecule has 23 heteroatoms. The minimum absolute atomic E-state index is 0. The van der Waals surface area contributed by atoms with Gasteiger partial charge in [0.05, 0.1) is 0 Å². The van der Waals surface area contributed by atoms with Crippen LogP contribution in [0.25, 0.3) is 0 Å². The first kappa shape index (κ1) is 42.1. The molecule has 0 aliphatic heterocycles. The normalized spacial score (nSPS) is 17.9. The van der Waals surface area contributed by atoms with Gasteiger partial charge in [-0.05, 0) is 15.2 Å². The molecular weight excluding hydrogens is 587 g/mol. The Labute approximate surface area is 252 Å². The topological polar surface area (TPSA) is 266 Å². The van der Waals surface area contributed by atoms with Crippen molar-refractivity contribution in [3.63, 3.8) is 0 Å². The number of hydrogen-bond acceptors (Lipinski definition) is 14. The monoisotopic (exact) mass is 594 g/mol. The van der Waals surface area contributed by atoms with Gasteiger partial charge in [0.1, 0.15) is 23.3 Å². The molecule has 0 rings (SSSR count). The van der Waals surface area contributed by atoms with Crippen molar-refractivity contribution in [2.24, 2.45) is 0 Å². The van der Waals surface area contributed by atoms with Crippen molar-refractivity contribution in [1.82, 2.24) is 0 Å². The van der Waals surface area contributed by atoms with Gasteiger partial charge in [-0.15, -0.1) is 0 Å². The van der Waals surface area contributed by atoms with Crippen LogP contribution in [0.3, 0.4) is 0 Å². The molecule has 4 atom stereocenters. The van der Waals surface area contributed by atoms with Crippen LogP contribution in [0.5, 0.6) is 0 Å². The summed E-state index contributed by atoms with van der Waals surface area (Å²) in [5.41, 5.74) is -6.16. The van der Waals surface area contributed by atoms with Crippen molar-refractivity contribution in [2.75, 3.05) is 12.1 Å². The molecule has 148 valence electrons. The van der Waals surface area contributed by atoms with E-state index in [4.69, 9.17) is 33.4 Å². The Balaban J connectivity index is -0.000000108. The van der Waals surface area contributed by atoms with Gasteiger partial charge >= 0.3 is 113 Å². The predicted molar refractivity (Wildman–Crippen MR) is 83.3 cm³/mol. The Morgan fingerprint density at radius 1 is 0.667 bits per heavy atom. The smallest absolute Gasteiger partial charge is 0.809 e. The maximum atomic E-state index is 10.5. The Morgan fingerprint density at radius 3 is 0.963 bits per heavy atom. The van der Waals surface area contributed by atoms with Crippen molar-refractivity contribution in [1.29, 1.82) is 0 Å². The van der Waals surface area contributed by atoms with Crippen LogP contribution in [0.15, 0.2) is 0 Å². The van der Waals surface area contributed by atoms with Gasteiger partial charge in [-0.1, -0.05) is 23.2 Å². The van der Waals surface area contributed by atoms with Crippen molar-refractivity contribution in [2.45, 2.75) is 11.2 Å². The van der Waals surface area contributed by atoms with E-state index in [9.17, 15) is 47.6 Å². The molecule has 0 aliphatic rings. The van der Waals surface area contributed by atoms with Gasteiger partial charge in [0.25, 0.3) is 0 Å². The van der Waals surface area contributed by atoms with E-state index in [1.54, 1.807) is 0 Å². The van der Waals surface area contributed by atoms with Crippen LogP contribution >= 0.6 is 53.6 Å². The first-order valence-electron chi connectivity index (χ1n) is 4.85. The Bertz CT molecular complexity index is 531. The van der Waals surface area contributed by atoms with Gasteiger partial charge < -0.3 is 66.9 Å². The van der Waals surface area contributed by atoms with Crippen molar-refractivity contribution in [3.05, 3.63) is 0 Å². The second kappa shape index (κ2) is 18.2. The molecule has 0 spiro atoms. The average molecular weight is 595 g/mol. The SMILES string of the molecule is O=P([O-])([O-])C(O)P(=O)([O-])OCCl.O=P([O-])([O-])C(O)P(=O)([O-])OCCl.[Ca+2].[Ca+2].[Ca+2]. The van der Waals surface area contributed by atoms with E-state index < -0.39 is 53.7 Å². The molecule has 0 aliphatic carbocycles. The molecule has 0 radical (unpaired) electrons. The third-order valence-electron chi connectivity index (χ3n) is 1.59. The molecule has 0 saturated carbocycles. The van der Waals surface area contributed by atoms with E-state index >= 15 is 0 Å². The standard InChI is InChI=1S/2C2H7ClO7P2.3Ca/c2*3-1-10-12(8,9)2(4)11(5,6)7;;;/h2*2,4H,1H2,(H,8,9)(H2,5,6,7);;;/q;;3*+2/p-6. The molecule has 0 bridgehead atoms. The van der Waals surface area contributed by atoms with Gasteiger partial charge in [-0.3, -0.25) is 0 Å². The molecule has 27 heavy (non-hydrogen) atoms. The summed E-state index contributed by atoms with van der Waals surface area (Å²) in [6, 6.07) is -1.73. The molecule has 0 fully saturated rings. The van der Waals surface area contributed by atoms with Crippen LogP contribution in [0.2, 0.25) is 0 Å². The van der Waals surface area contributed by atoms with Gasteiger partial charge in [0.2, 0.25) is 0 Å². The fraction of sp³-hybridized carbons (Fsp3) is 1.00. The predicted octanol–water partition coefficient (Wildman–Crippen LogP) is -5.26. The zero-order valence-corrected chi connectivity index (χ0v) is 24.7. The molecule has 2 N–H and O–H groups in total. The molecule has 0 saturated heterocycles. The molecule has 0 aromatic rings. The molecule has 0 aromatic carbocycles. The summed E-state index contributed by atoms with van der Waals surface area (Å²) in [7, 11) is -21.5. The van der Waals surface area contributed by atoms with Gasteiger partial charge in [0.15, 0.2) is 15.2 Å². The molecular formula is C4H8Ca3Cl2O14P4. The van der Waals surface area contributed by atoms with E-state index in [2.05, 4.69) is 9.05 Å². The Kier molecular flexibility index (Phi) is 28.4.